The van der Waals surface area contributed by atoms with Crippen LogP contribution >= 0.6 is 0 Å². The van der Waals surface area contributed by atoms with E-state index in [2.05, 4.69) is 0 Å². The van der Waals surface area contributed by atoms with Crippen molar-refractivity contribution in [3.8, 4) is 0 Å². The van der Waals surface area contributed by atoms with Crippen LogP contribution < -0.4 is 0 Å². The Morgan fingerprint density at radius 1 is 1.73 bits per heavy atom. The van der Waals surface area contributed by atoms with Gasteiger partial charge in [0.25, 0.3) is 6.43 Å². The fourth-order valence-electron chi connectivity index (χ4n) is 1.12. The minimum atomic E-state index is -2.43. The summed E-state index contributed by atoms with van der Waals surface area (Å²) in [5.74, 6) is -1.00. The molecule has 1 fully saturated rings. The molecular formula is C6H9F2NO2. The van der Waals surface area contributed by atoms with E-state index in [4.69, 9.17) is 5.11 Å². The predicted octanol–water partition coefficient (Wildman–Crippen LogP) is 0.410. The number of aliphatic carboxylic acids is 1. The maximum absolute atomic E-state index is 11.7. The SMILES string of the molecule is O=C(O)C1CCN1CC(F)F. The molecule has 5 heteroatoms. The predicted molar refractivity (Wildman–Crippen MR) is 33.6 cm³/mol. The van der Waals surface area contributed by atoms with Crippen LogP contribution in [-0.2, 0) is 4.79 Å². The standard InChI is InChI=1S/C6H9F2NO2/c7-5(8)3-9-2-1-4(9)6(10)11/h4-5H,1-3H2,(H,10,11). The molecule has 1 unspecified atom stereocenters. The third-order valence-corrected chi connectivity index (χ3v) is 1.79. The highest BCUT2D eigenvalue weighted by molar-refractivity contribution is 5.74. The Balaban J connectivity index is 2.31. The number of likely N-dealkylation sites (tertiary alicyclic amines) is 1. The first kappa shape index (κ1) is 8.39. The fraction of sp³-hybridized carbons (Fsp3) is 0.833. The molecule has 0 amide bonds. The third kappa shape index (κ3) is 1.86. The van der Waals surface area contributed by atoms with Crippen LogP contribution in [0.5, 0.6) is 0 Å². The van der Waals surface area contributed by atoms with Crippen LogP contribution in [0.2, 0.25) is 0 Å². The highest BCUT2D eigenvalue weighted by Gasteiger charge is 2.35. The monoisotopic (exact) mass is 165 g/mol. The zero-order valence-electron chi connectivity index (χ0n) is 5.83. The van der Waals surface area contributed by atoms with Gasteiger partial charge in [-0.05, 0) is 6.42 Å². The third-order valence-electron chi connectivity index (χ3n) is 1.79. The van der Waals surface area contributed by atoms with Crippen LogP contribution in [-0.4, -0.2) is 41.5 Å². The second-order valence-corrected chi connectivity index (χ2v) is 2.53. The normalized spacial score (nSPS) is 25.2. The Bertz CT molecular complexity index is 163. The molecule has 0 aliphatic carbocycles. The van der Waals surface area contributed by atoms with Gasteiger partial charge in [-0.15, -0.1) is 0 Å². The highest BCUT2D eigenvalue weighted by Crippen LogP contribution is 2.18. The molecule has 1 saturated heterocycles. The van der Waals surface area contributed by atoms with Crippen molar-refractivity contribution in [2.45, 2.75) is 18.9 Å². The van der Waals surface area contributed by atoms with E-state index in [1.807, 2.05) is 0 Å². The fourth-order valence-corrected chi connectivity index (χ4v) is 1.12. The van der Waals surface area contributed by atoms with Gasteiger partial charge in [0.2, 0.25) is 0 Å². The van der Waals surface area contributed by atoms with Gasteiger partial charge in [0.05, 0.1) is 6.54 Å². The minimum Gasteiger partial charge on any atom is -0.480 e. The molecule has 64 valence electrons. The van der Waals surface area contributed by atoms with Crippen molar-refractivity contribution in [2.24, 2.45) is 0 Å². The molecular weight excluding hydrogens is 156 g/mol. The van der Waals surface area contributed by atoms with Crippen molar-refractivity contribution in [1.82, 2.24) is 4.90 Å². The average Bonchev–Trinajstić information content (AvgIpc) is 1.78. The van der Waals surface area contributed by atoms with Crippen molar-refractivity contribution >= 4 is 5.97 Å². The molecule has 1 atom stereocenters. The molecule has 1 heterocycles. The van der Waals surface area contributed by atoms with Crippen LogP contribution in [0.3, 0.4) is 0 Å². The summed E-state index contributed by atoms with van der Waals surface area (Å²) in [6.07, 6.45) is -1.95. The molecule has 0 saturated carbocycles. The smallest absolute Gasteiger partial charge is 0.320 e. The molecule has 1 N–H and O–H groups in total. The van der Waals surface area contributed by atoms with Gasteiger partial charge in [-0.2, -0.15) is 0 Å². The number of halogens is 2. The van der Waals surface area contributed by atoms with Gasteiger partial charge >= 0.3 is 5.97 Å². The van der Waals surface area contributed by atoms with Gasteiger partial charge in [-0.1, -0.05) is 0 Å². The van der Waals surface area contributed by atoms with Gasteiger partial charge in [0, 0.05) is 6.54 Å². The maximum atomic E-state index is 11.7. The van der Waals surface area contributed by atoms with Gasteiger partial charge < -0.3 is 5.11 Å². The first-order valence-electron chi connectivity index (χ1n) is 3.36. The summed E-state index contributed by atoms with van der Waals surface area (Å²) in [4.78, 5) is 11.6. The summed E-state index contributed by atoms with van der Waals surface area (Å²) < 4.78 is 23.4. The topological polar surface area (TPSA) is 40.5 Å². The molecule has 1 aliphatic rings. The van der Waals surface area contributed by atoms with Crippen LogP contribution in [0.1, 0.15) is 6.42 Å². The molecule has 0 aromatic heterocycles. The Morgan fingerprint density at radius 2 is 2.36 bits per heavy atom. The average molecular weight is 165 g/mol. The summed E-state index contributed by atoms with van der Waals surface area (Å²) in [6, 6.07) is -0.677. The lowest BCUT2D eigenvalue weighted by Crippen LogP contribution is -2.53. The largest absolute Gasteiger partial charge is 0.480 e. The molecule has 0 aromatic carbocycles. The van der Waals surface area contributed by atoms with Gasteiger partial charge in [0.1, 0.15) is 6.04 Å². The van der Waals surface area contributed by atoms with Crippen LogP contribution in [0.4, 0.5) is 8.78 Å². The lowest BCUT2D eigenvalue weighted by molar-refractivity contribution is -0.149. The summed E-state index contributed by atoms with van der Waals surface area (Å²) in [6.45, 7) is 0.0538. The molecule has 0 radical (unpaired) electrons. The van der Waals surface area contributed by atoms with E-state index in [1.54, 1.807) is 0 Å². The van der Waals surface area contributed by atoms with E-state index in [0.717, 1.165) is 0 Å². The van der Waals surface area contributed by atoms with Gasteiger partial charge in [-0.25, -0.2) is 8.78 Å². The summed E-state index contributed by atoms with van der Waals surface area (Å²) >= 11 is 0. The van der Waals surface area contributed by atoms with Crippen molar-refractivity contribution in [2.75, 3.05) is 13.1 Å². The first-order chi connectivity index (χ1) is 5.11. The summed E-state index contributed by atoms with van der Waals surface area (Å²) in [5, 5.41) is 8.43. The van der Waals surface area contributed by atoms with Crippen molar-refractivity contribution in [3.63, 3.8) is 0 Å². The van der Waals surface area contributed by atoms with E-state index < -0.39 is 25.0 Å². The highest BCUT2D eigenvalue weighted by atomic mass is 19.3. The second-order valence-electron chi connectivity index (χ2n) is 2.53. The van der Waals surface area contributed by atoms with Gasteiger partial charge in [0.15, 0.2) is 0 Å². The van der Waals surface area contributed by atoms with E-state index in [0.29, 0.717) is 13.0 Å². The van der Waals surface area contributed by atoms with Crippen LogP contribution in [0.25, 0.3) is 0 Å². The number of nitrogens with zero attached hydrogens (tertiary/aromatic N) is 1. The first-order valence-corrected chi connectivity index (χ1v) is 3.36. The number of carboxylic acid groups (broad SMARTS) is 1. The molecule has 11 heavy (non-hydrogen) atoms. The molecule has 0 aromatic rings. The van der Waals surface area contributed by atoms with E-state index in [-0.39, 0.29) is 0 Å². The van der Waals surface area contributed by atoms with Crippen molar-refractivity contribution in [3.05, 3.63) is 0 Å². The number of carboxylic acids is 1. The van der Waals surface area contributed by atoms with Crippen LogP contribution in [0, 0.1) is 0 Å². The molecule has 0 bridgehead atoms. The number of hydrogen-bond acceptors (Lipinski definition) is 2. The molecule has 0 spiro atoms. The Morgan fingerprint density at radius 3 is 2.64 bits per heavy atom. The summed E-state index contributed by atoms with van der Waals surface area (Å²) in [5.41, 5.74) is 0. The quantitative estimate of drug-likeness (QED) is 0.658. The molecule has 3 nitrogen and oxygen atoms in total. The Labute approximate surface area is 62.6 Å². The van der Waals surface area contributed by atoms with Crippen molar-refractivity contribution in [1.29, 1.82) is 0 Å². The van der Waals surface area contributed by atoms with E-state index >= 15 is 0 Å². The Hall–Kier alpha value is -0.710. The number of hydrogen-bond donors (Lipinski definition) is 1. The van der Waals surface area contributed by atoms with E-state index in [1.165, 1.54) is 4.90 Å². The lowest BCUT2D eigenvalue weighted by Gasteiger charge is -2.37. The van der Waals surface area contributed by atoms with Crippen LogP contribution in [0.15, 0.2) is 0 Å². The maximum Gasteiger partial charge on any atom is 0.320 e. The second kappa shape index (κ2) is 3.13. The molecule has 1 aliphatic heterocycles. The number of alkyl halides is 2. The minimum absolute atomic E-state index is 0.420. The number of rotatable bonds is 3. The molecule has 1 rings (SSSR count). The summed E-state index contributed by atoms with van der Waals surface area (Å²) in [7, 11) is 0. The zero-order valence-corrected chi connectivity index (χ0v) is 5.83. The number of carbonyl (C=O) groups is 1. The van der Waals surface area contributed by atoms with Gasteiger partial charge in [-0.3, -0.25) is 9.69 Å². The lowest BCUT2D eigenvalue weighted by atomic mass is 10.0. The van der Waals surface area contributed by atoms with E-state index in [9.17, 15) is 13.6 Å². The van der Waals surface area contributed by atoms with Crippen molar-refractivity contribution < 1.29 is 18.7 Å². The Kier molecular flexibility index (Phi) is 2.38. The zero-order chi connectivity index (χ0) is 8.43.